The van der Waals surface area contributed by atoms with E-state index >= 15 is 0 Å². The fourth-order valence-corrected chi connectivity index (χ4v) is 1.18. The molecule has 1 rings (SSSR count). The van der Waals surface area contributed by atoms with Gasteiger partial charge in [0.15, 0.2) is 0 Å². The summed E-state index contributed by atoms with van der Waals surface area (Å²) in [6.45, 7) is 1.94. The molecule has 0 spiro atoms. The first-order chi connectivity index (χ1) is 6.15. The number of aromatic nitrogens is 1. The van der Waals surface area contributed by atoms with E-state index < -0.39 is 17.8 Å². The van der Waals surface area contributed by atoms with Gasteiger partial charge < -0.3 is 5.73 Å². The van der Waals surface area contributed by atoms with Gasteiger partial charge >= 0.3 is 0 Å². The van der Waals surface area contributed by atoms with Gasteiger partial charge in [0.25, 0.3) is 0 Å². The monoisotopic (exact) mass is 186 g/mol. The molecule has 0 aliphatic carbocycles. The maximum atomic E-state index is 13.0. The van der Waals surface area contributed by atoms with Crippen LogP contribution in [0.4, 0.5) is 8.78 Å². The first-order valence-corrected chi connectivity index (χ1v) is 4.21. The van der Waals surface area contributed by atoms with Gasteiger partial charge in [-0.25, -0.2) is 9.37 Å². The lowest BCUT2D eigenvalue weighted by Gasteiger charge is -2.10. The van der Waals surface area contributed by atoms with Crippen molar-refractivity contribution in [3.05, 3.63) is 29.6 Å². The molecule has 2 nitrogen and oxygen atoms in total. The van der Waals surface area contributed by atoms with E-state index in [1.807, 2.05) is 6.92 Å². The van der Waals surface area contributed by atoms with Gasteiger partial charge in [-0.3, -0.25) is 0 Å². The van der Waals surface area contributed by atoms with Crippen LogP contribution in [0.2, 0.25) is 0 Å². The maximum absolute atomic E-state index is 13.0. The van der Waals surface area contributed by atoms with E-state index in [4.69, 9.17) is 5.73 Å². The van der Waals surface area contributed by atoms with Crippen LogP contribution in [0.15, 0.2) is 12.3 Å². The minimum absolute atomic E-state index is 0.203. The smallest absolute Gasteiger partial charge is 0.213 e. The number of pyridine rings is 1. The third-order valence-electron chi connectivity index (χ3n) is 1.85. The summed E-state index contributed by atoms with van der Waals surface area (Å²) in [6.07, 6.45) is 2.34. The summed E-state index contributed by atoms with van der Waals surface area (Å²) < 4.78 is 25.6. The zero-order valence-corrected chi connectivity index (χ0v) is 7.43. The Hall–Kier alpha value is -1.03. The Morgan fingerprint density at radius 2 is 2.23 bits per heavy atom. The van der Waals surface area contributed by atoms with Crippen molar-refractivity contribution in [3.63, 3.8) is 0 Å². The first kappa shape index (κ1) is 10.1. The molecular formula is C9H12F2N2. The minimum atomic E-state index is -0.692. The molecule has 72 valence electrons. The van der Waals surface area contributed by atoms with Crippen LogP contribution in [0.3, 0.4) is 0 Å². The van der Waals surface area contributed by atoms with E-state index in [1.165, 1.54) is 0 Å². The molecule has 0 bridgehead atoms. The van der Waals surface area contributed by atoms with Crippen molar-refractivity contribution in [2.75, 3.05) is 0 Å². The van der Waals surface area contributed by atoms with Gasteiger partial charge in [-0.1, -0.05) is 13.3 Å². The predicted molar refractivity (Wildman–Crippen MR) is 46.0 cm³/mol. The Morgan fingerprint density at radius 3 is 2.85 bits per heavy atom. The second kappa shape index (κ2) is 4.28. The van der Waals surface area contributed by atoms with Crippen LogP contribution in [0.5, 0.6) is 0 Å². The SMILES string of the molecule is CCC[C@@H](N)c1cc(F)ncc1F. The number of nitrogens with two attached hydrogens (primary N) is 1. The number of halogens is 2. The van der Waals surface area contributed by atoms with E-state index in [0.29, 0.717) is 6.42 Å². The molecule has 0 unspecified atom stereocenters. The molecule has 0 amide bonds. The van der Waals surface area contributed by atoms with Crippen LogP contribution in [0, 0.1) is 11.8 Å². The summed E-state index contributed by atoms with van der Waals surface area (Å²) in [4.78, 5) is 3.18. The molecule has 0 aromatic carbocycles. The molecule has 0 fully saturated rings. The van der Waals surface area contributed by atoms with Gasteiger partial charge in [-0.05, 0) is 6.42 Å². The Balaban J connectivity index is 2.91. The number of rotatable bonds is 3. The minimum Gasteiger partial charge on any atom is -0.324 e. The van der Waals surface area contributed by atoms with Gasteiger partial charge in [-0.2, -0.15) is 4.39 Å². The molecule has 13 heavy (non-hydrogen) atoms. The van der Waals surface area contributed by atoms with Crippen molar-refractivity contribution in [1.29, 1.82) is 0 Å². The summed E-state index contributed by atoms with van der Waals surface area (Å²) in [5, 5.41) is 0. The second-order valence-corrected chi connectivity index (χ2v) is 2.92. The molecule has 1 heterocycles. The zero-order valence-electron chi connectivity index (χ0n) is 7.43. The van der Waals surface area contributed by atoms with Crippen molar-refractivity contribution < 1.29 is 8.78 Å². The quantitative estimate of drug-likeness (QED) is 0.734. The molecule has 4 heteroatoms. The van der Waals surface area contributed by atoms with E-state index in [9.17, 15) is 8.78 Å². The molecule has 0 saturated heterocycles. The molecule has 1 aromatic heterocycles. The summed E-state index contributed by atoms with van der Waals surface area (Å²) in [5.74, 6) is -1.23. The van der Waals surface area contributed by atoms with Gasteiger partial charge in [0.2, 0.25) is 5.95 Å². The number of nitrogens with zero attached hydrogens (tertiary/aromatic N) is 1. The normalized spacial score (nSPS) is 12.9. The Kier molecular flexibility index (Phi) is 3.31. The van der Waals surface area contributed by atoms with Crippen molar-refractivity contribution in [1.82, 2.24) is 4.98 Å². The van der Waals surface area contributed by atoms with Crippen molar-refractivity contribution in [2.45, 2.75) is 25.8 Å². The topological polar surface area (TPSA) is 38.9 Å². The Bertz CT molecular complexity index is 289. The summed E-state index contributed by atoms with van der Waals surface area (Å²) in [6, 6.07) is 0.609. The largest absolute Gasteiger partial charge is 0.324 e. The second-order valence-electron chi connectivity index (χ2n) is 2.92. The third kappa shape index (κ3) is 2.45. The average Bonchev–Trinajstić information content (AvgIpc) is 2.09. The van der Waals surface area contributed by atoms with Crippen LogP contribution < -0.4 is 5.73 Å². The van der Waals surface area contributed by atoms with Crippen LogP contribution in [0.25, 0.3) is 0 Å². The van der Waals surface area contributed by atoms with Gasteiger partial charge in [-0.15, -0.1) is 0 Å². The van der Waals surface area contributed by atoms with Crippen molar-refractivity contribution in [3.8, 4) is 0 Å². The molecular weight excluding hydrogens is 174 g/mol. The maximum Gasteiger partial charge on any atom is 0.213 e. The predicted octanol–water partition coefficient (Wildman–Crippen LogP) is 2.16. The lowest BCUT2D eigenvalue weighted by Crippen LogP contribution is -2.12. The Labute approximate surface area is 75.8 Å². The van der Waals surface area contributed by atoms with E-state index in [-0.39, 0.29) is 5.56 Å². The molecule has 0 aliphatic rings. The lowest BCUT2D eigenvalue weighted by molar-refractivity contribution is 0.523. The van der Waals surface area contributed by atoms with Crippen molar-refractivity contribution >= 4 is 0 Å². The molecule has 1 atom stereocenters. The zero-order chi connectivity index (χ0) is 9.84. The molecule has 1 aromatic rings. The highest BCUT2D eigenvalue weighted by molar-refractivity contribution is 5.17. The summed E-state index contributed by atoms with van der Waals surface area (Å²) in [7, 11) is 0. The van der Waals surface area contributed by atoms with Crippen LogP contribution >= 0.6 is 0 Å². The first-order valence-electron chi connectivity index (χ1n) is 4.21. The third-order valence-corrected chi connectivity index (χ3v) is 1.85. The fourth-order valence-electron chi connectivity index (χ4n) is 1.18. The van der Waals surface area contributed by atoms with Crippen LogP contribution in [0.1, 0.15) is 31.4 Å². The summed E-state index contributed by atoms with van der Waals surface area (Å²) >= 11 is 0. The van der Waals surface area contributed by atoms with Gasteiger partial charge in [0, 0.05) is 17.7 Å². The highest BCUT2D eigenvalue weighted by atomic mass is 19.1. The van der Waals surface area contributed by atoms with E-state index in [0.717, 1.165) is 18.7 Å². The molecule has 0 saturated carbocycles. The number of hydrogen-bond donors (Lipinski definition) is 1. The van der Waals surface area contributed by atoms with Gasteiger partial charge in [0.1, 0.15) is 5.82 Å². The van der Waals surface area contributed by atoms with E-state index in [1.54, 1.807) is 0 Å². The van der Waals surface area contributed by atoms with Crippen molar-refractivity contribution in [2.24, 2.45) is 5.73 Å². The Morgan fingerprint density at radius 1 is 1.54 bits per heavy atom. The summed E-state index contributed by atoms with van der Waals surface area (Å²) in [5.41, 5.74) is 5.84. The van der Waals surface area contributed by atoms with E-state index in [2.05, 4.69) is 4.98 Å². The molecule has 0 aliphatic heterocycles. The highest BCUT2D eigenvalue weighted by Gasteiger charge is 2.11. The standard InChI is InChI=1S/C9H12F2N2/c1-2-3-8(12)6-4-9(11)13-5-7(6)10/h4-5,8H,2-3,12H2,1H3/t8-/m1/s1. The number of hydrogen-bond acceptors (Lipinski definition) is 2. The average molecular weight is 186 g/mol. The highest BCUT2D eigenvalue weighted by Crippen LogP contribution is 2.18. The fraction of sp³-hybridized carbons (Fsp3) is 0.444. The van der Waals surface area contributed by atoms with Crippen LogP contribution in [-0.4, -0.2) is 4.98 Å². The molecule has 2 N–H and O–H groups in total. The lowest BCUT2D eigenvalue weighted by atomic mass is 10.0. The van der Waals surface area contributed by atoms with Gasteiger partial charge in [0.05, 0.1) is 6.20 Å². The molecule has 0 radical (unpaired) electrons. The van der Waals surface area contributed by atoms with Crippen LogP contribution in [-0.2, 0) is 0 Å².